The zero-order valence-electron chi connectivity index (χ0n) is 17.4. The topological polar surface area (TPSA) is 40.2 Å². The van der Waals surface area contributed by atoms with E-state index < -0.39 is 0 Å². The van der Waals surface area contributed by atoms with Gasteiger partial charge in [0.25, 0.3) is 0 Å². The Bertz CT molecular complexity index is 993. The van der Waals surface area contributed by atoms with Crippen LogP contribution < -0.4 is 10.0 Å². The Labute approximate surface area is 182 Å². The van der Waals surface area contributed by atoms with Gasteiger partial charge < -0.3 is 10.0 Å². The van der Waals surface area contributed by atoms with Crippen molar-refractivity contribution >= 4 is 17.6 Å². The van der Waals surface area contributed by atoms with Gasteiger partial charge in [-0.3, -0.25) is 9.88 Å². The van der Waals surface area contributed by atoms with Crippen LogP contribution in [-0.2, 0) is 6.54 Å². The highest BCUT2D eigenvalue weighted by atomic mass is 32.2. The normalized spacial score (nSPS) is 17.1. The lowest BCUT2D eigenvalue weighted by molar-refractivity contribution is 0.199. The summed E-state index contributed by atoms with van der Waals surface area (Å²) in [4.78, 5) is 7.85. The lowest BCUT2D eigenvalue weighted by Gasteiger charge is -2.32. The summed E-state index contributed by atoms with van der Waals surface area (Å²) in [5, 5.41) is 3.49. The van der Waals surface area contributed by atoms with Crippen molar-refractivity contribution in [2.75, 3.05) is 24.4 Å². The third-order valence-electron chi connectivity index (χ3n) is 5.37. The summed E-state index contributed by atoms with van der Waals surface area (Å²) < 4.78 is 16.6. The quantitative estimate of drug-likeness (QED) is 0.540. The summed E-state index contributed by atoms with van der Waals surface area (Å²) in [6, 6.07) is 15.7. The standard InChI is InChI=1S/C24H27FN4S/c1-17-11-23(8-5-20(17)16-29-10-9-27-18(2)15-29)28-30-24-12-21(13-26-14-24)19-3-6-22(25)7-4-19/h3-8,11-14,18,27-28H,9-10,15-16H2,1-2H3. The van der Waals surface area contributed by atoms with E-state index >= 15 is 0 Å². The second-order valence-electron chi connectivity index (χ2n) is 7.85. The number of hydrogen-bond donors (Lipinski definition) is 2. The summed E-state index contributed by atoms with van der Waals surface area (Å²) in [6.45, 7) is 8.65. The van der Waals surface area contributed by atoms with Crippen LogP contribution in [0.1, 0.15) is 18.1 Å². The number of pyridine rings is 1. The average Bonchev–Trinajstić information content (AvgIpc) is 2.75. The molecule has 2 heterocycles. The van der Waals surface area contributed by atoms with Crippen LogP contribution in [0, 0.1) is 12.7 Å². The van der Waals surface area contributed by atoms with Crippen molar-refractivity contribution in [1.29, 1.82) is 0 Å². The van der Waals surface area contributed by atoms with E-state index in [1.165, 1.54) is 35.2 Å². The summed E-state index contributed by atoms with van der Waals surface area (Å²) in [6.07, 6.45) is 3.63. The number of benzene rings is 2. The van der Waals surface area contributed by atoms with E-state index in [9.17, 15) is 4.39 Å². The maximum Gasteiger partial charge on any atom is 0.123 e. The van der Waals surface area contributed by atoms with Crippen molar-refractivity contribution in [2.24, 2.45) is 0 Å². The van der Waals surface area contributed by atoms with Crippen molar-refractivity contribution in [3.63, 3.8) is 0 Å². The molecule has 0 spiro atoms. The number of hydrogen-bond acceptors (Lipinski definition) is 5. The van der Waals surface area contributed by atoms with Crippen LogP contribution in [0.3, 0.4) is 0 Å². The summed E-state index contributed by atoms with van der Waals surface area (Å²) in [7, 11) is 0. The molecule has 0 bridgehead atoms. The van der Waals surface area contributed by atoms with Crippen LogP contribution in [-0.4, -0.2) is 35.6 Å². The fourth-order valence-corrected chi connectivity index (χ4v) is 4.39. The van der Waals surface area contributed by atoms with Crippen LogP contribution in [0.15, 0.2) is 65.8 Å². The molecule has 4 rings (SSSR count). The first kappa shape index (κ1) is 20.8. The number of nitrogens with zero attached hydrogens (tertiary/aromatic N) is 2. The molecule has 3 aromatic rings. The monoisotopic (exact) mass is 422 g/mol. The molecule has 1 fully saturated rings. The minimum Gasteiger partial charge on any atom is -0.326 e. The van der Waals surface area contributed by atoms with Gasteiger partial charge in [0.2, 0.25) is 0 Å². The maximum atomic E-state index is 13.2. The van der Waals surface area contributed by atoms with Crippen LogP contribution in [0.2, 0.25) is 0 Å². The molecule has 1 atom stereocenters. The van der Waals surface area contributed by atoms with E-state index in [0.29, 0.717) is 6.04 Å². The van der Waals surface area contributed by atoms with Crippen molar-refractivity contribution in [1.82, 2.24) is 15.2 Å². The molecule has 6 heteroatoms. The fraction of sp³-hybridized carbons (Fsp3) is 0.292. The fourth-order valence-electron chi connectivity index (χ4n) is 3.73. The summed E-state index contributed by atoms with van der Waals surface area (Å²) in [5.41, 5.74) is 5.67. The predicted octanol–water partition coefficient (Wildman–Crippen LogP) is 5.11. The molecular weight excluding hydrogens is 395 g/mol. The molecule has 30 heavy (non-hydrogen) atoms. The van der Waals surface area contributed by atoms with Gasteiger partial charge in [0.15, 0.2) is 0 Å². The van der Waals surface area contributed by atoms with Gasteiger partial charge in [-0.25, -0.2) is 4.39 Å². The molecule has 0 saturated carbocycles. The second-order valence-corrected chi connectivity index (χ2v) is 8.73. The van der Waals surface area contributed by atoms with Crippen molar-refractivity contribution in [3.8, 4) is 11.1 Å². The zero-order valence-corrected chi connectivity index (χ0v) is 18.2. The predicted molar refractivity (Wildman–Crippen MR) is 123 cm³/mol. The Morgan fingerprint density at radius 2 is 1.97 bits per heavy atom. The van der Waals surface area contributed by atoms with Crippen LogP contribution in [0.4, 0.5) is 10.1 Å². The van der Waals surface area contributed by atoms with E-state index in [1.807, 2.05) is 6.20 Å². The Morgan fingerprint density at radius 1 is 1.13 bits per heavy atom. The lowest BCUT2D eigenvalue weighted by Crippen LogP contribution is -2.48. The number of rotatable bonds is 6. The van der Waals surface area contributed by atoms with Crippen molar-refractivity contribution in [3.05, 3.63) is 77.9 Å². The molecule has 0 amide bonds. The largest absolute Gasteiger partial charge is 0.326 e. The van der Waals surface area contributed by atoms with Gasteiger partial charge in [0.1, 0.15) is 5.82 Å². The van der Waals surface area contributed by atoms with Gasteiger partial charge in [0, 0.05) is 60.8 Å². The van der Waals surface area contributed by atoms with E-state index in [-0.39, 0.29) is 5.82 Å². The second kappa shape index (κ2) is 9.60. The number of nitrogens with one attached hydrogen (secondary N) is 2. The van der Waals surface area contributed by atoms with E-state index in [1.54, 1.807) is 18.3 Å². The van der Waals surface area contributed by atoms with Gasteiger partial charge in [-0.2, -0.15) is 0 Å². The van der Waals surface area contributed by atoms with Crippen molar-refractivity contribution < 1.29 is 4.39 Å². The highest BCUT2D eigenvalue weighted by Gasteiger charge is 2.16. The van der Waals surface area contributed by atoms with Gasteiger partial charge >= 0.3 is 0 Å². The van der Waals surface area contributed by atoms with E-state index in [4.69, 9.17) is 0 Å². The van der Waals surface area contributed by atoms with Crippen LogP contribution >= 0.6 is 11.9 Å². The van der Waals surface area contributed by atoms with Crippen molar-refractivity contribution in [2.45, 2.75) is 31.3 Å². The maximum absolute atomic E-state index is 13.2. The van der Waals surface area contributed by atoms with Crippen LogP contribution in [0.25, 0.3) is 11.1 Å². The summed E-state index contributed by atoms with van der Waals surface area (Å²) >= 11 is 1.53. The lowest BCUT2D eigenvalue weighted by atomic mass is 10.1. The first-order valence-electron chi connectivity index (χ1n) is 10.3. The van der Waals surface area contributed by atoms with Gasteiger partial charge in [0.05, 0.1) is 0 Å². The molecule has 156 valence electrons. The molecular formula is C24H27FN4S. The molecule has 1 aliphatic heterocycles. The molecule has 0 aliphatic carbocycles. The van der Waals surface area contributed by atoms with Gasteiger partial charge in [-0.1, -0.05) is 18.2 Å². The number of anilines is 1. The molecule has 1 aliphatic rings. The Balaban J connectivity index is 1.38. The highest BCUT2D eigenvalue weighted by molar-refractivity contribution is 8.00. The molecule has 4 nitrogen and oxygen atoms in total. The smallest absolute Gasteiger partial charge is 0.123 e. The Hall–Kier alpha value is -2.41. The number of piperazine rings is 1. The molecule has 2 N–H and O–H groups in total. The number of aryl methyl sites for hydroxylation is 1. The average molecular weight is 423 g/mol. The number of aromatic nitrogens is 1. The minimum absolute atomic E-state index is 0.232. The first-order chi connectivity index (χ1) is 14.6. The molecule has 0 radical (unpaired) electrons. The minimum atomic E-state index is -0.232. The Kier molecular flexibility index (Phi) is 6.67. The Morgan fingerprint density at radius 3 is 2.73 bits per heavy atom. The third-order valence-corrected chi connectivity index (χ3v) is 6.16. The first-order valence-corrected chi connectivity index (χ1v) is 11.1. The molecule has 2 aromatic carbocycles. The van der Waals surface area contributed by atoms with E-state index in [2.05, 4.69) is 58.0 Å². The number of halogens is 1. The van der Waals surface area contributed by atoms with Crippen LogP contribution in [0.5, 0.6) is 0 Å². The summed E-state index contributed by atoms with van der Waals surface area (Å²) in [5.74, 6) is -0.232. The molecule has 1 saturated heterocycles. The zero-order chi connectivity index (χ0) is 20.9. The van der Waals surface area contributed by atoms with Gasteiger partial charge in [-0.05, 0) is 72.8 Å². The highest BCUT2D eigenvalue weighted by Crippen LogP contribution is 2.27. The SMILES string of the molecule is Cc1cc(NSc2cncc(-c3ccc(F)cc3)c2)ccc1CN1CCNC(C)C1. The van der Waals surface area contributed by atoms with Gasteiger partial charge in [-0.15, -0.1) is 0 Å². The molecule has 1 aromatic heterocycles. The molecule has 1 unspecified atom stereocenters. The van der Waals surface area contributed by atoms with E-state index in [0.717, 1.165) is 47.9 Å². The third kappa shape index (κ3) is 5.39.